The molecular weight excluding hydrogens is 370 g/mol. The molecule has 1 saturated heterocycles. The second-order valence-electron chi connectivity index (χ2n) is 7.76. The molecular formula is C21H25N5O3. The van der Waals surface area contributed by atoms with Crippen molar-refractivity contribution in [2.45, 2.75) is 39.2 Å². The Morgan fingerprint density at radius 3 is 2.79 bits per heavy atom. The fourth-order valence-corrected chi connectivity index (χ4v) is 4.11. The highest BCUT2D eigenvalue weighted by Crippen LogP contribution is 2.36. The quantitative estimate of drug-likeness (QED) is 0.805. The molecule has 2 N–H and O–H groups in total. The number of carbonyl (C=O) groups is 1. The Balaban J connectivity index is 1.76. The predicted molar refractivity (Wildman–Crippen MR) is 111 cm³/mol. The number of nitrogens with zero attached hydrogens (tertiary/aromatic N) is 4. The third kappa shape index (κ3) is 3.55. The fourth-order valence-electron chi connectivity index (χ4n) is 4.11. The fraction of sp³-hybridized carbons (Fsp3) is 0.429. The van der Waals surface area contributed by atoms with E-state index in [-0.39, 0.29) is 16.4 Å². The van der Waals surface area contributed by atoms with Gasteiger partial charge in [-0.05, 0) is 56.5 Å². The molecule has 3 heterocycles. The normalized spacial score (nSPS) is 18.7. The van der Waals surface area contributed by atoms with Gasteiger partial charge >= 0.3 is 5.97 Å². The van der Waals surface area contributed by atoms with Crippen molar-refractivity contribution in [1.82, 2.24) is 14.9 Å². The van der Waals surface area contributed by atoms with Crippen molar-refractivity contribution in [3.05, 3.63) is 44.5 Å². The maximum Gasteiger partial charge on any atom is 0.320 e. The van der Waals surface area contributed by atoms with Crippen LogP contribution in [-0.4, -0.2) is 51.6 Å². The molecule has 2 aliphatic heterocycles. The molecule has 2 aromatic rings. The van der Waals surface area contributed by atoms with Crippen LogP contribution in [-0.2, 0) is 4.79 Å². The summed E-state index contributed by atoms with van der Waals surface area (Å²) in [6.07, 6.45) is 2.59. The lowest BCUT2D eigenvalue weighted by Gasteiger charge is -2.35. The SMILES string of the molecule is C=c1nc2c(c(=O)[nH]1)=Nc1cc(C)c(C)cc1N2CCN1CCCC[C@@H]1C(=O)O. The van der Waals surface area contributed by atoms with Crippen molar-refractivity contribution in [3.8, 4) is 0 Å². The Morgan fingerprint density at radius 1 is 1.28 bits per heavy atom. The molecule has 1 fully saturated rings. The number of H-pyrrole nitrogens is 1. The second kappa shape index (κ2) is 7.44. The lowest BCUT2D eigenvalue weighted by Crippen LogP contribution is -2.49. The first-order valence-electron chi connectivity index (χ1n) is 9.89. The minimum absolute atomic E-state index is 0.265. The highest BCUT2D eigenvalue weighted by molar-refractivity contribution is 5.77. The molecule has 8 heteroatoms. The zero-order valence-electron chi connectivity index (χ0n) is 16.7. The highest BCUT2D eigenvalue weighted by Gasteiger charge is 2.30. The summed E-state index contributed by atoms with van der Waals surface area (Å²) in [4.78, 5) is 39.8. The molecule has 0 spiro atoms. The van der Waals surface area contributed by atoms with E-state index in [1.807, 2.05) is 35.8 Å². The molecule has 0 saturated carbocycles. The van der Waals surface area contributed by atoms with Crippen LogP contribution in [0, 0.1) is 13.8 Å². The van der Waals surface area contributed by atoms with Gasteiger partial charge in [0, 0.05) is 13.1 Å². The van der Waals surface area contributed by atoms with Crippen molar-refractivity contribution < 1.29 is 9.90 Å². The summed E-state index contributed by atoms with van der Waals surface area (Å²) in [7, 11) is 0. The number of anilines is 2. The summed E-state index contributed by atoms with van der Waals surface area (Å²) in [5, 5.41) is 9.83. The van der Waals surface area contributed by atoms with Crippen LogP contribution in [0.3, 0.4) is 0 Å². The van der Waals surface area contributed by atoms with Crippen LogP contribution in [0.25, 0.3) is 6.58 Å². The minimum atomic E-state index is -0.778. The van der Waals surface area contributed by atoms with Crippen LogP contribution in [0.4, 0.5) is 17.2 Å². The van der Waals surface area contributed by atoms with Crippen LogP contribution < -0.4 is 21.3 Å². The molecule has 0 aliphatic carbocycles. The van der Waals surface area contributed by atoms with Gasteiger partial charge in [0.1, 0.15) is 11.5 Å². The number of rotatable bonds is 4. The third-order valence-electron chi connectivity index (χ3n) is 5.80. The number of fused-ring (bicyclic) bond motifs is 2. The topological polar surface area (TPSA) is 102 Å². The van der Waals surface area contributed by atoms with Crippen LogP contribution in [0.5, 0.6) is 0 Å². The minimum Gasteiger partial charge on any atom is -0.480 e. The number of carboxylic acid groups (broad SMARTS) is 1. The van der Waals surface area contributed by atoms with Gasteiger partial charge in [0.15, 0.2) is 11.2 Å². The molecule has 0 amide bonds. The summed E-state index contributed by atoms with van der Waals surface area (Å²) in [5.74, 6) is -0.307. The highest BCUT2D eigenvalue weighted by atomic mass is 16.4. The molecule has 1 aromatic carbocycles. The molecule has 8 nitrogen and oxygen atoms in total. The monoisotopic (exact) mass is 395 g/mol. The van der Waals surface area contributed by atoms with Gasteiger partial charge in [-0.2, -0.15) is 0 Å². The molecule has 0 radical (unpaired) electrons. The summed E-state index contributed by atoms with van der Waals surface area (Å²) in [6, 6.07) is 3.56. The third-order valence-corrected chi connectivity index (χ3v) is 5.80. The Kier molecular flexibility index (Phi) is 4.96. The van der Waals surface area contributed by atoms with Crippen molar-refractivity contribution in [2.24, 2.45) is 4.99 Å². The van der Waals surface area contributed by atoms with E-state index >= 15 is 0 Å². The maximum absolute atomic E-state index is 12.5. The molecule has 152 valence electrons. The van der Waals surface area contributed by atoms with Crippen molar-refractivity contribution >= 4 is 29.7 Å². The Labute approximate surface area is 168 Å². The van der Waals surface area contributed by atoms with Crippen LogP contribution in [0.15, 0.2) is 21.9 Å². The first-order valence-corrected chi connectivity index (χ1v) is 9.89. The molecule has 2 aliphatic rings. The number of aliphatic carboxylic acids is 1. The summed E-state index contributed by atoms with van der Waals surface area (Å²) in [5.41, 5.74) is 3.77. The van der Waals surface area contributed by atoms with Gasteiger partial charge in [-0.3, -0.25) is 14.5 Å². The van der Waals surface area contributed by atoms with Gasteiger partial charge < -0.3 is 15.0 Å². The summed E-state index contributed by atoms with van der Waals surface area (Å²) in [6.45, 7) is 9.65. The van der Waals surface area contributed by atoms with Crippen LogP contribution in [0.2, 0.25) is 0 Å². The van der Waals surface area contributed by atoms with Gasteiger partial charge in [0.25, 0.3) is 5.56 Å². The zero-order chi connectivity index (χ0) is 20.7. The Hall–Kier alpha value is -3.00. The molecule has 29 heavy (non-hydrogen) atoms. The van der Waals surface area contributed by atoms with E-state index in [2.05, 4.69) is 21.5 Å². The standard InChI is InChI=1S/C21H25N5O3/c1-12-10-15-17(11-13(12)2)26(19-18(24-15)20(27)23-14(3)22-19)9-8-25-7-5-4-6-16(25)21(28)29/h10-11,16H,3-9H2,1-2H3,(H,23,27)(H,28,29)/t16-/m1/s1. The van der Waals surface area contributed by atoms with E-state index in [1.165, 1.54) is 0 Å². The number of aryl methyl sites for hydroxylation is 2. The van der Waals surface area contributed by atoms with E-state index in [0.717, 1.165) is 41.9 Å². The van der Waals surface area contributed by atoms with E-state index in [1.54, 1.807) is 0 Å². The molecule has 1 atom stereocenters. The first kappa shape index (κ1) is 19.3. The van der Waals surface area contributed by atoms with Crippen molar-refractivity contribution in [1.29, 1.82) is 0 Å². The number of piperidine rings is 1. The van der Waals surface area contributed by atoms with Gasteiger partial charge in [-0.15, -0.1) is 0 Å². The average molecular weight is 395 g/mol. The number of hydrogen-bond donors (Lipinski definition) is 2. The average Bonchev–Trinajstić information content (AvgIpc) is 2.67. The number of aromatic nitrogens is 2. The van der Waals surface area contributed by atoms with Gasteiger partial charge in [-0.25, -0.2) is 9.98 Å². The van der Waals surface area contributed by atoms with E-state index in [9.17, 15) is 14.7 Å². The number of benzene rings is 1. The molecule has 4 rings (SSSR count). The van der Waals surface area contributed by atoms with Crippen LogP contribution in [0.1, 0.15) is 30.4 Å². The summed E-state index contributed by atoms with van der Waals surface area (Å²) >= 11 is 0. The van der Waals surface area contributed by atoms with Crippen LogP contribution >= 0.6 is 0 Å². The molecule has 0 bridgehead atoms. The van der Waals surface area contributed by atoms with E-state index in [4.69, 9.17) is 0 Å². The first-order chi connectivity index (χ1) is 13.8. The van der Waals surface area contributed by atoms with Gasteiger partial charge in [-0.1, -0.05) is 13.0 Å². The number of nitrogens with one attached hydrogen (secondary N) is 1. The number of carboxylic acids is 1. The van der Waals surface area contributed by atoms with Gasteiger partial charge in [0.05, 0.1) is 11.4 Å². The lowest BCUT2D eigenvalue weighted by molar-refractivity contribution is -0.144. The predicted octanol–water partition coefficient (Wildman–Crippen LogP) is 1.14. The number of aromatic amines is 1. The van der Waals surface area contributed by atoms with Crippen molar-refractivity contribution in [3.63, 3.8) is 0 Å². The van der Waals surface area contributed by atoms with E-state index in [0.29, 0.717) is 25.3 Å². The molecule has 0 unspecified atom stereocenters. The smallest absolute Gasteiger partial charge is 0.320 e. The molecule has 1 aromatic heterocycles. The summed E-state index contributed by atoms with van der Waals surface area (Å²) < 4.78 is 0. The number of hydrogen-bond acceptors (Lipinski definition) is 6. The number of likely N-dealkylation sites (tertiary alicyclic amines) is 1. The zero-order valence-corrected chi connectivity index (χ0v) is 16.7. The second-order valence-corrected chi connectivity index (χ2v) is 7.76. The maximum atomic E-state index is 12.5. The largest absolute Gasteiger partial charge is 0.480 e. The lowest BCUT2D eigenvalue weighted by atomic mass is 10.0. The Morgan fingerprint density at radius 2 is 2.03 bits per heavy atom. The van der Waals surface area contributed by atoms with E-state index < -0.39 is 12.0 Å². The van der Waals surface area contributed by atoms with Crippen molar-refractivity contribution in [2.75, 3.05) is 24.5 Å². The Bertz CT molecular complexity index is 1140. The van der Waals surface area contributed by atoms with Gasteiger partial charge in [0.2, 0.25) is 0 Å².